The van der Waals surface area contributed by atoms with E-state index in [2.05, 4.69) is 5.32 Å². The average molecular weight is 263 g/mol. The monoisotopic (exact) mass is 263 g/mol. The van der Waals surface area contributed by atoms with E-state index in [9.17, 15) is 17.6 Å². The predicted octanol–water partition coefficient (Wildman–Crippen LogP) is 4.13. The Morgan fingerprint density at radius 1 is 1.28 bits per heavy atom. The van der Waals surface area contributed by atoms with E-state index in [0.717, 1.165) is 5.56 Å². The van der Waals surface area contributed by atoms with Crippen molar-refractivity contribution in [3.8, 4) is 0 Å². The summed E-state index contributed by atoms with van der Waals surface area (Å²) in [4.78, 5) is 0. The number of alkyl halides is 3. The predicted molar refractivity (Wildman–Crippen MR) is 62.8 cm³/mol. The summed E-state index contributed by atoms with van der Waals surface area (Å²) in [5, 5.41) is 2.96. The minimum atomic E-state index is -4.11. The molecule has 0 aliphatic rings. The quantitative estimate of drug-likeness (QED) is 0.788. The second-order valence-electron chi connectivity index (χ2n) is 4.36. The Bertz CT molecular complexity index is 387. The minimum Gasteiger partial charge on any atom is -0.313 e. The zero-order valence-corrected chi connectivity index (χ0v) is 10.4. The van der Waals surface area contributed by atoms with Gasteiger partial charge in [0.25, 0.3) is 0 Å². The molecule has 18 heavy (non-hydrogen) atoms. The van der Waals surface area contributed by atoms with Crippen LogP contribution < -0.4 is 5.32 Å². The van der Waals surface area contributed by atoms with E-state index in [-0.39, 0.29) is 18.3 Å². The molecular formula is C13H17F4N. The lowest BCUT2D eigenvalue weighted by Gasteiger charge is -2.17. The molecule has 0 heterocycles. The van der Waals surface area contributed by atoms with Crippen molar-refractivity contribution in [3.05, 3.63) is 35.1 Å². The van der Waals surface area contributed by atoms with Crippen molar-refractivity contribution in [3.63, 3.8) is 0 Å². The van der Waals surface area contributed by atoms with Gasteiger partial charge in [-0.15, -0.1) is 0 Å². The molecule has 0 aliphatic heterocycles. The van der Waals surface area contributed by atoms with Crippen LogP contribution in [0.15, 0.2) is 18.2 Å². The summed E-state index contributed by atoms with van der Waals surface area (Å²) in [7, 11) is 1.69. The van der Waals surface area contributed by atoms with Crippen molar-refractivity contribution < 1.29 is 17.6 Å². The van der Waals surface area contributed by atoms with Crippen molar-refractivity contribution in [2.24, 2.45) is 0 Å². The molecular weight excluding hydrogens is 246 g/mol. The van der Waals surface area contributed by atoms with Crippen LogP contribution in [0, 0.1) is 12.7 Å². The number of hydrogen-bond acceptors (Lipinski definition) is 1. The molecule has 0 radical (unpaired) electrons. The second kappa shape index (κ2) is 6.18. The molecule has 0 spiro atoms. The molecule has 0 aliphatic carbocycles. The summed E-state index contributed by atoms with van der Waals surface area (Å²) in [6.07, 6.45) is -4.46. The normalized spacial score (nSPS) is 13.7. The molecule has 0 aromatic heterocycles. The Morgan fingerprint density at radius 2 is 1.94 bits per heavy atom. The van der Waals surface area contributed by atoms with E-state index in [0.29, 0.717) is 12.0 Å². The van der Waals surface area contributed by atoms with Crippen LogP contribution in [0.1, 0.15) is 36.4 Å². The standard InChI is InChI=1S/C13H17F4N/c1-9-8-10(5-6-11(9)14)12(18-2)4-3-7-13(15,16)17/h5-6,8,12,18H,3-4,7H2,1-2H3. The number of rotatable bonds is 5. The lowest BCUT2D eigenvalue weighted by atomic mass is 9.99. The van der Waals surface area contributed by atoms with Gasteiger partial charge in [0, 0.05) is 12.5 Å². The van der Waals surface area contributed by atoms with Gasteiger partial charge in [-0.2, -0.15) is 13.2 Å². The molecule has 1 aromatic carbocycles. The molecule has 1 nitrogen and oxygen atoms in total. The molecule has 0 fully saturated rings. The highest BCUT2D eigenvalue weighted by atomic mass is 19.4. The number of benzene rings is 1. The summed E-state index contributed by atoms with van der Waals surface area (Å²) in [6, 6.07) is 4.45. The number of nitrogens with one attached hydrogen (secondary N) is 1. The zero-order valence-electron chi connectivity index (χ0n) is 10.4. The zero-order chi connectivity index (χ0) is 13.8. The first-order chi connectivity index (χ1) is 8.33. The van der Waals surface area contributed by atoms with Crippen molar-refractivity contribution in [1.82, 2.24) is 5.32 Å². The van der Waals surface area contributed by atoms with E-state index in [1.807, 2.05) is 0 Å². The van der Waals surface area contributed by atoms with E-state index in [1.165, 1.54) is 6.07 Å². The summed E-state index contributed by atoms with van der Waals surface area (Å²) >= 11 is 0. The van der Waals surface area contributed by atoms with Crippen LogP contribution in [0.2, 0.25) is 0 Å². The Balaban J connectivity index is 2.63. The van der Waals surface area contributed by atoms with Gasteiger partial charge in [0.05, 0.1) is 0 Å². The van der Waals surface area contributed by atoms with Crippen LogP contribution in [0.3, 0.4) is 0 Å². The van der Waals surface area contributed by atoms with Crippen LogP contribution in [0.5, 0.6) is 0 Å². The maximum atomic E-state index is 13.1. The molecule has 0 saturated heterocycles. The van der Waals surface area contributed by atoms with Gasteiger partial charge in [-0.25, -0.2) is 4.39 Å². The summed E-state index contributed by atoms with van der Waals surface area (Å²) in [6.45, 7) is 1.64. The first-order valence-electron chi connectivity index (χ1n) is 5.83. The van der Waals surface area contributed by atoms with Gasteiger partial charge >= 0.3 is 6.18 Å². The first-order valence-corrected chi connectivity index (χ1v) is 5.83. The highest BCUT2D eigenvalue weighted by Gasteiger charge is 2.26. The van der Waals surface area contributed by atoms with Crippen molar-refractivity contribution in [1.29, 1.82) is 0 Å². The van der Waals surface area contributed by atoms with E-state index in [1.54, 1.807) is 26.1 Å². The highest BCUT2D eigenvalue weighted by molar-refractivity contribution is 5.26. The third-order valence-corrected chi connectivity index (χ3v) is 2.89. The third kappa shape index (κ3) is 4.64. The Morgan fingerprint density at radius 3 is 2.44 bits per heavy atom. The number of halogens is 4. The van der Waals surface area contributed by atoms with Crippen LogP contribution in [0.25, 0.3) is 0 Å². The summed E-state index contributed by atoms with van der Waals surface area (Å²) in [5.74, 6) is -0.302. The smallest absolute Gasteiger partial charge is 0.313 e. The topological polar surface area (TPSA) is 12.0 Å². The fourth-order valence-electron chi connectivity index (χ4n) is 1.87. The highest BCUT2D eigenvalue weighted by Crippen LogP contribution is 2.26. The second-order valence-corrected chi connectivity index (χ2v) is 4.36. The SMILES string of the molecule is CNC(CCCC(F)(F)F)c1ccc(F)c(C)c1. The van der Waals surface area contributed by atoms with Crippen LogP contribution >= 0.6 is 0 Å². The Hall–Kier alpha value is -1.10. The van der Waals surface area contributed by atoms with Gasteiger partial charge in [0.2, 0.25) is 0 Å². The third-order valence-electron chi connectivity index (χ3n) is 2.89. The lowest BCUT2D eigenvalue weighted by Crippen LogP contribution is -2.17. The molecule has 1 rings (SSSR count). The van der Waals surface area contributed by atoms with Crippen LogP contribution in [-0.2, 0) is 0 Å². The fraction of sp³-hybridized carbons (Fsp3) is 0.538. The van der Waals surface area contributed by atoms with E-state index >= 15 is 0 Å². The van der Waals surface area contributed by atoms with E-state index in [4.69, 9.17) is 0 Å². The van der Waals surface area contributed by atoms with Crippen molar-refractivity contribution in [2.75, 3.05) is 7.05 Å². The molecule has 0 saturated carbocycles. The van der Waals surface area contributed by atoms with Crippen LogP contribution in [-0.4, -0.2) is 13.2 Å². The van der Waals surface area contributed by atoms with Crippen molar-refractivity contribution in [2.45, 2.75) is 38.4 Å². The van der Waals surface area contributed by atoms with E-state index < -0.39 is 12.6 Å². The lowest BCUT2D eigenvalue weighted by molar-refractivity contribution is -0.135. The first kappa shape index (κ1) is 15.0. The molecule has 1 atom stereocenters. The molecule has 0 amide bonds. The summed E-state index contributed by atoms with van der Waals surface area (Å²) in [5.41, 5.74) is 1.32. The largest absolute Gasteiger partial charge is 0.389 e. The van der Waals surface area contributed by atoms with Gasteiger partial charge in [-0.1, -0.05) is 12.1 Å². The van der Waals surface area contributed by atoms with Gasteiger partial charge in [0.1, 0.15) is 5.82 Å². The minimum absolute atomic E-state index is 0.0609. The van der Waals surface area contributed by atoms with Crippen LogP contribution in [0.4, 0.5) is 17.6 Å². The molecule has 1 unspecified atom stereocenters. The fourth-order valence-corrected chi connectivity index (χ4v) is 1.87. The van der Waals surface area contributed by atoms with Gasteiger partial charge in [0.15, 0.2) is 0 Å². The van der Waals surface area contributed by atoms with Gasteiger partial charge < -0.3 is 5.32 Å². The maximum Gasteiger partial charge on any atom is 0.389 e. The summed E-state index contributed by atoms with van der Waals surface area (Å²) < 4.78 is 49.3. The van der Waals surface area contributed by atoms with Crippen molar-refractivity contribution >= 4 is 0 Å². The Kier molecular flexibility index (Phi) is 5.14. The molecule has 1 N–H and O–H groups in total. The maximum absolute atomic E-state index is 13.1. The number of hydrogen-bond donors (Lipinski definition) is 1. The number of aryl methyl sites for hydroxylation is 1. The van der Waals surface area contributed by atoms with Gasteiger partial charge in [-0.05, 0) is 44.0 Å². The van der Waals surface area contributed by atoms with Gasteiger partial charge in [-0.3, -0.25) is 0 Å². The molecule has 0 bridgehead atoms. The average Bonchev–Trinajstić information content (AvgIpc) is 2.27. The molecule has 102 valence electrons. The molecule has 1 aromatic rings. The molecule has 5 heteroatoms. The Labute approximate surface area is 104 Å².